The molecule has 9 heteroatoms. The molecule has 1 atom stereocenters. The Kier molecular flexibility index (Phi) is 6.21. The first-order valence-electron chi connectivity index (χ1n) is 8.04. The van der Waals surface area contributed by atoms with E-state index in [0.717, 1.165) is 11.8 Å². The van der Waals surface area contributed by atoms with Crippen molar-refractivity contribution < 1.29 is 9.18 Å². The molecule has 0 saturated carbocycles. The third-order valence-corrected chi connectivity index (χ3v) is 5.10. The van der Waals surface area contributed by atoms with Crippen LogP contribution in [0.15, 0.2) is 29.4 Å². The summed E-state index contributed by atoms with van der Waals surface area (Å²) in [5.41, 5.74) is -0.480. The fourth-order valence-corrected chi connectivity index (χ4v) is 2.77. The molecule has 0 spiro atoms. The molecule has 3 N–H and O–H groups in total. The molecule has 2 rings (SSSR count). The zero-order valence-electron chi connectivity index (χ0n) is 14.9. The van der Waals surface area contributed by atoms with Gasteiger partial charge in [0.05, 0.1) is 11.8 Å². The predicted octanol–water partition coefficient (Wildman–Crippen LogP) is 1.87. The van der Waals surface area contributed by atoms with Crippen molar-refractivity contribution in [3.63, 3.8) is 0 Å². The highest BCUT2D eigenvalue weighted by molar-refractivity contribution is 7.99. The monoisotopic (exact) mass is 376 g/mol. The molecule has 0 aliphatic heterocycles. The van der Waals surface area contributed by atoms with Crippen LogP contribution in [0.2, 0.25) is 0 Å². The Balaban J connectivity index is 1.99. The molecular formula is C17H21FN6OS. The van der Waals surface area contributed by atoms with Gasteiger partial charge in [0.25, 0.3) is 0 Å². The van der Waals surface area contributed by atoms with Gasteiger partial charge in [-0.1, -0.05) is 43.8 Å². The fraction of sp³-hybridized carbons (Fsp3) is 0.412. The number of nitrogen functional groups attached to an aromatic ring is 1. The first kappa shape index (κ1) is 19.7. The Morgan fingerprint density at radius 1 is 1.46 bits per heavy atom. The highest BCUT2D eigenvalue weighted by Crippen LogP contribution is 2.19. The summed E-state index contributed by atoms with van der Waals surface area (Å²) < 4.78 is 15.0. The number of benzene rings is 1. The lowest BCUT2D eigenvalue weighted by atomic mass is 9.90. The van der Waals surface area contributed by atoms with E-state index in [9.17, 15) is 14.4 Å². The lowest BCUT2D eigenvalue weighted by molar-refractivity contribution is -0.120. The minimum atomic E-state index is -0.940. The van der Waals surface area contributed by atoms with Crippen LogP contribution in [0.4, 0.5) is 4.39 Å². The molecule has 0 unspecified atom stereocenters. The number of thioether (sulfide) groups is 1. The molecule has 1 aromatic heterocycles. The van der Waals surface area contributed by atoms with Crippen LogP contribution in [0.1, 0.15) is 32.2 Å². The summed E-state index contributed by atoms with van der Waals surface area (Å²) in [6, 6.07) is 8.48. The van der Waals surface area contributed by atoms with Gasteiger partial charge in [-0.15, -0.1) is 10.2 Å². The minimum Gasteiger partial charge on any atom is -0.337 e. The summed E-state index contributed by atoms with van der Waals surface area (Å²) >= 11 is 1.10. The van der Waals surface area contributed by atoms with Crippen molar-refractivity contribution in [2.75, 3.05) is 11.6 Å². The van der Waals surface area contributed by atoms with Gasteiger partial charge in [-0.3, -0.25) is 4.79 Å². The maximum Gasteiger partial charge on any atom is 0.231 e. The van der Waals surface area contributed by atoms with Crippen molar-refractivity contribution in [3.8, 4) is 6.07 Å². The van der Waals surface area contributed by atoms with E-state index in [1.54, 1.807) is 25.1 Å². The van der Waals surface area contributed by atoms with E-state index in [2.05, 4.69) is 21.6 Å². The van der Waals surface area contributed by atoms with Crippen molar-refractivity contribution in [2.24, 2.45) is 5.92 Å². The third kappa shape index (κ3) is 4.52. The molecule has 0 bridgehead atoms. The van der Waals surface area contributed by atoms with Crippen LogP contribution < -0.4 is 11.2 Å². The summed E-state index contributed by atoms with van der Waals surface area (Å²) in [7, 11) is 0. The fourth-order valence-electron chi connectivity index (χ4n) is 2.10. The molecule has 138 valence electrons. The van der Waals surface area contributed by atoms with Gasteiger partial charge in [-0.05, 0) is 24.5 Å². The molecule has 7 nitrogen and oxygen atoms in total. The predicted molar refractivity (Wildman–Crippen MR) is 97.1 cm³/mol. The topological polar surface area (TPSA) is 110 Å². The number of nitrogens with zero attached hydrogens (tertiary/aromatic N) is 4. The molecule has 1 aromatic carbocycles. The van der Waals surface area contributed by atoms with Crippen LogP contribution in [0.25, 0.3) is 0 Å². The standard InChI is InChI=1S/C17H21FN6OS/c1-11(2)17(3,10-19)21-15(25)9-26-16-23-22-14(24(16)20)8-12-6-4-5-7-13(12)18/h4-7,11H,8-9,20H2,1-3H3,(H,21,25)/t17-/m1/s1. The number of nitrogens with one attached hydrogen (secondary N) is 1. The Bertz CT molecular complexity index is 831. The number of carbonyl (C=O) groups is 1. The molecule has 0 aliphatic carbocycles. The van der Waals surface area contributed by atoms with Crippen LogP contribution in [-0.4, -0.2) is 32.1 Å². The number of aromatic nitrogens is 3. The third-order valence-electron chi connectivity index (χ3n) is 4.16. The van der Waals surface area contributed by atoms with Gasteiger partial charge in [0, 0.05) is 6.42 Å². The molecule has 2 aromatic rings. The summed E-state index contributed by atoms with van der Waals surface area (Å²) in [5.74, 6) is 5.71. The number of nitrogens with two attached hydrogens (primary N) is 1. The number of hydrogen-bond donors (Lipinski definition) is 2. The Labute approximate surface area is 155 Å². The lowest BCUT2D eigenvalue weighted by Crippen LogP contribution is -2.49. The van der Waals surface area contributed by atoms with Crippen LogP contribution in [-0.2, 0) is 11.2 Å². The SMILES string of the molecule is CC(C)[C@@](C)(C#N)NC(=O)CSc1nnc(Cc2ccccc2F)n1N. The van der Waals surface area contributed by atoms with Crippen LogP contribution in [0.3, 0.4) is 0 Å². The molecule has 0 radical (unpaired) electrons. The quantitative estimate of drug-likeness (QED) is 0.564. The second-order valence-corrected chi connectivity index (χ2v) is 7.29. The van der Waals surface area contributed by atoms with E-state index in [1.165, 1.54) is 10.7 Å². The van der Waals surface area contributed by atoms with Crippen LogP contribution in [0, 0.1) is 23.1 Å². The van der Waals surface area contributed by atoms with Gasteiger partial charge in [0.1, 0.15) is 11.4 Å². The zero-order chi connectivity index (χ0) is 19.3. The minimum absolute atomic E-state index is 0.0352. The summed E-state index contributed by atoms with van der Waals surface area (Å²) in [6.45, 7) is 5.41. The molecule has 0 fully saturated rings. The maximum absolute atomic E-state index is 13.7. The van der Waals surface area contributed by atoms with E-state index in [0.29, 0.717) is 16.5 Å². The second kappa shape index (κ2) is 8.19. The normalized spacial score (nSPS) is 13.2. The molecule has 1 heterocycles. The van der Waals surface area contributed by atoms with Gasteiger partial charge in [-0.25, -0.2) is 9.07 Å². The van der Waals surface area contributed by atoms with E-state index in [4.69, 9.17) is 5.84 Å². The number of amides is 1. The first-order valence-corrected chi connectivity index (χ1v) is 9.03. The van der Waals surface area contributed by atoms with E-state index in [-0.39, 0.29) is 29.8 Å². The van der Waals surface area contributed by atoms with Gasteiger partial charge in [-0.2, -0.15) is 5.26 Å². The van der Waals surface area contributed by atoms with Gasteiger partial charge < -0.3 is 11.2 Å². The highest BCUT2D eigenvalue weighted by atomic mass is 32.2. The largest absolute Gasteiger partial charge is 0.337 e. The average Bonchev–Trinajstić information content (AvgIpc) is 2.95. The summed E-state index contributed by atoms with van der Waals surface area (Å²) in [5, 5.41) is 20.2. The number of halogens is 1. The Morgan fingerprint density at radius 2 is 2.15 bits per heavy atom. The second-order valence-electron chi connectivity index (χ2n) is 6.34. The molecule has 26 heavy (non-hydrogen) atoms. The molecule has 0 saturated heterocycles. The molecule has 1 amide bonds. The maximum atomic E-state index is 13.7. The van der Waals surface area contributed by atoms with Gasteiger partial charge in [0.15, 0.2) is 5.82 Å². The van der Waals surface area contributed by atoms with Crippen molar-refractivity contribution in [1.29, 1.82) is 5.26 Å². The highest BCUT2D eigenvalue weighted by Gasteiger charge is 2.30. The smallest absolute Gasteiger partial charge is 0.231 e. The number of nitriles is 1. The van der Waals surface area contributed by atoms with Gasteiger partial charge >= 0.3 is 0 Å². The zero-order valence-corrected chi connectivity index (χ0v) is 15.7. The van der Waals surface area contributed by atoms with Crippen molar-refractivity contribution >= 4 is 17.7 Å². The summed E-state index contributed by atoms with van der Waals surface area (Å²) in [4.78, 5) is 12.1. The van der Waals surface area contributed by atoms with Crippen LogP contribution in [0.5, 0.6) is 0 Å². The first-order chi connectivity index (χ1) is 12.3. The lowest BCUT2D eigenvalue weighted by Gasteiger charge is -2.27. The van der Waals surface area contributed by atoms with E-state index < -0.39 is 5.54 Å². The molecular weight excluding hydrogens is 355 g/mol. The van der Waals surface area contributed by atoms with Crippen molar-refractivity contribution in [2.45, 2.75) is 37.9 Å². The number of hydrogen-bond acceptors (Lipinski definition) is 6. The molecule has 0 aliphatic rings. The number of carbonyl (C=O) groups excluding carboxylic acids is 1. The van der Waals surface area contributed by atoms with Crippen molar-refractivity contribution in [1.82, 2.24) is 20.2 Å². The van der Waals surface area contributed by atoms with Crippen LogP contribution >= 0.6 is 11.8 Å². The average molecular weight is 376 g/mol. The summed E-state index contributed by atoms with van der Waals surface area (Å²) in [6.07, 6.45) is 0.197. The van der Waals surface area contributed by atoms with Crippen molar-refractivity contribution in [3.05, 3.63) is 41.5 Å². The Hall–Kier alpha value is -2.60. The van der Waals surface area contributed by atoms with E-state index >= 15 is 0 Å². The van der Waals surface area contributed by atoms with E-state index in [1.807, 2.05) is 13.8 Å². The Morgan fingerprint density at radius 3 is 2.77 bits per heavy atom. The number of rotatable bonds is 7. The van der Waals surface area contributed by atoms with Gasteiger partial charge in [0.2, 0.25) is 11.1 Å².